The molecule has 11 heteroatoms. The molecule has 1 aromatic rings. The second-order valence-corrected chi connectivity index (χ2v) is 9.35. The number of ether oxygens (including phenoxy) is 2. The minimum Gasteiger partial charge on any atom is -0.482 e. The molecule has 0 saturated carbocycles. The number of aliphatic hydroxyl groups excluding tert-OH is 3. The van der Waals surface area contributed by atoms with E-state index < -0.39 is 30.9 Å². The monoisotopic (exact) mass is 510 g/mol. The molecule has 3 atom stereocenters. The summed E-state index contributed by atoms with van der Waals surface area (Å²) in [6, 6.07) is 6.24. The Bertz CT molecular complexity index is 864. The van der Waals surface area contributed by atoms with Gasteiger partial charge in [-0.2, -0.15) is 0 Å². The van der Waals surface area contributed by atoms with Crippen LogP contribution in [0.15, 0.2) is 24.3 Å². The Kier molecular flexibility index (Phi) is 12.1. The number of benzene rings is 1. The quantitative estimate of drug-likeness (QED) is 0.424. The van der Waals surface area contributed by atoms with Crippen LogP contribution in [0.2, 0.25) is 0 Å². The minimum atomic E-state index is -1.49. The van der Waals surface area contributed by atoms with Crippen molar-refractivity contribution in [1.82, 2.24) is 9.80 Å². The number of carboxylic acid groups (broad SMARTS) is 1. The van der Waals surface area contributed by atoms with Crippen LogP contribution in [-0.4, -0.2) is 112 Å². The SMILES string of the molecule is CC(C)CC(=O)N1CCN(C(=O)c2cccc(OCC(=O)O)c2)CCCCOC[C@@H](O)[C@H](O)[C@@H](O)C1. The zero-order valence-corrected chi connectivity index (χ0v) is 20.9. The molecule has 2 rings (SSSR count). The number of carbonyl (C=O) groups excluding carboxylic acids is 2. The van der Waals surface area contributed by atoms with Gasteiger partial charge in [0.25, 0.3) is 5.91 Å². The van der Waals surface area contributed by atoms with Gasteiger partial charge in [0.05, 0.1) is 6.61 Å². The van der Waals surface area contributed by atoms with E-state index in [2.05, 4.69) is 0 Å². The molecule has 4 N–H and O–H groups in total. The van der Waals surface area contributed by atoms with Crippen LogP contribution in [0.25, 0.3) is 0 Å². The fraction of sp³-hybridized carbons (Fsp3) is 0.640. The van der Waals surface area contributed by atoms with Gasteiger partial charge in [-0.15, -0.1) is 0 Å². The summed E-state index contributed by atoms with van der Waals surface area (Å²) in [6.45, 7) is 3.87. The average Bonchev–Trinajstić information content (AvgIpc) is 2.83. The van der Waals surface area contributed by atoms with E-state index in [4.69, 9.17) is 14.6 Å². The first-order valence-corrected chi connectivity index (χ1v) is 12.2. The maximum absolute atomic E-state index is 13.3. The largest absolute Gasteiger partial charge is 0.482 e. The minimum absolute atomic E-state index is 0.0675. The summed E-state index contributed by atoms with van der Waals surface area (Å²) in [5.41, 5.74) is 0.314. The number of β-amino-alcohol motifs (C(OH)–C–C–N with tert-alkyl or cyclic N) is 1. The lowest BCUT2D eigenvalue weighted by Crippen LogP contribution is -2.50. The summed E-state index contributed by atoms with van der Waals surface area (Å²) in [7, 11) is 0. The molecular weight excluding hydrogens is 472 g/mol. The smallest absolute Gasteiger partial charge is 0.341 e. The molecule has 1 saturated heterocycles. The molecule has 1 aromatic carbocycles. The number of hydrogen-bond acceptors (Lipinski definition) is 8. The molecule has 1 fully saturated rings. The standard InChI is InChI=1S/C25H38N2O9/c1-17(2)12-22(30)27-10-9-26(8-3-4-11-35-15-21(29)24(33)20(28)14-27)25(34)18-6-5-7-19(13-18)36-16-23(31)32/h5-7,13,17,20-21,24,28-29,33H,3-4,8-12,14-16H2,1-2H3,(H,31,32)/t20-,21+,24+/m0/s1. The third-order valence-corrected chi connectivity index (χ3v) is 5.76. The maximum atomic E-state index is 13.3. The van der Waals surface area contributed by atoms with Gasteiger partial charge in [-0.3, -0.25) is 9.59 Å². The van der Waals surface area contributed by atoms with E-state index in [-0.39, 0.29) is 56.1 Å². The number of carbonyl (C=O) groups is 3. The summed E-state index contributed by atoms with van der Waals surface area (Å²) >= 11 is 0. The Morgan fingerprint density at radius 1 is 1.06 bits per heavy atom. The van der Waals surface area contributed by atoms with Crippen molar-refractivity contribution in [2.75, 3.05) is 46.0 Å². The first kappa shape index (κ1) is 29.5. The number of aliphatic hydroxyl groups is 3. The highest BCUT2D eigenvalue weighted by atomic mass is 16.5. The van der Waals surface area contributed by atoms with Crippen molar-refractivity contribution in [3.8, 4) is 5.75 Å². The molecule has 0 bridgehead atoms. The van der Waals surface area contributed by atoms with Crippen molar-refractivity contribution in [1.29, 1.82) is 0 Å². The highest BCUT2D eigenvalue weighted by Crippen LogP contribution is 2.17. The maximum Gasteiger partial charge on any atom is 0.341 e. The molecule has 2 amide bonds. The van der Waals surface area contributed by atoms with Crippen molar-refractivity contribution in [2.45, 2.75) is 51.4 Å². The molecule has 0 unspecified atom stereocenters. The first-order valence-electron chi connectivity index (χ1n) is 12.2. The van der Waals surface area contributed by atoms with E-state index in [0.717, 1.165) is 0 Å². The molecule has 0 spiro atoms. The second kappa shape index (κ2) is 14.7. The van der Waals surface area contributed by atoms with Gasteiger partial charge in [0.1, 0.15) is 24.1 Å². The average molecular weight is 511 g/mol. The molecular formula is C25H38N2O9. The lowest BCUT2D eigenvalue weighted by atomic mass is 10.1. The van der Waals surface area contributed by atoms with Gasteiger partial charge in [-0.25, -0.2) is 4.79 Å². The summed E-state index contributed by atoms with van der Waals surface area (Å²) in [6.07, 6.45) is -2.76. The molecule has 1 aliphatic heterocycles. The molecule has 0 aliphatic carbocycles. The molecule has 0 radical (unpaired) electrons. The molecule has 36 heavy (non-hydrogen) atoms. The Morgan fingerprint density at radius 2 is 1.78 bits per heavy atom. The normalized spacial score (nSPS) is 22.7. The highest BCUT2D eigenvalue weighted by Gasteiger charge is 2.29. The van der Waals surface area contributed by atoms with Crippen LogP contribution in [0, 0.1) is 5.92 Å². The fourth-order valence-corrected chi connectivity index (χ4v) is 3.80. The topological polar surface area (TPSA) is 157 Å². The number of amides is 2. The Balaban J connectivity index is 2.23. The summed E-state index contributed by atoms with van der Waals surface area (Å²) in [5.74, 6) is -1.35. The van der Waals surface area contributed by atoms with Crippen molar-refractivity contribution in [3.05, 3.63) is 29.8 Å². The first-order chi connectivity index (χ1) is 17.1. The lowest BCUT2D eigenvalue weighted by molar-refractivity contribution is -0.139. The van der Waals surface area contributed by atoms with E-state index in [1.807, 2.05) is 13.8 Å². The van der Waals surface area contributed by atoms with Crippen molar-refractivity contribution in [3.63, 3.8) is 0 Å². The molecule has 0 aromatic heterocycles. The second-order valence-electron chi connectivity index (χ2n) is 9.35. The lowest BCUT2D eigenvalue weighted by Gasteiger charge is -2.32. The van der Waals surface area contributed by atoms with Crippen LogP contribution in [0.3, 0.4) is 0 Å². The van der Waals surface area contributed by atoms with E-state index in [0.29, 0.717) is 31.6 Å². The van der Waals surface area contributed by atoms with Crippen LogP contribution in [-0.2, 0) is 14.3 Å². The van der Waals surface area contributed by atoms with Gasteiger partial charge in [-0.05, 0) is 37.0 Å². The number of rotatable bonds is 6. The zero-order valence-electron chi connectivity index (χ0n) is 20.9. The molecule has 11 nitrogen and oxygen atoms in total. The summed E-state index contributed by atoms with van der Waals surface area (Å²) in [4.78, 5) is 40.0. The fourth-order valence-electron chi connectivity index (χ4n) is 3.80. The van der Waals surface area contributed by atoms with Crippen LogP contribution < -0.4 is 4.74 Å². The third-order valence-electron chi connectivity index (χ3n) is 5.76. The predicted molar refractivity (Wildman–Crippen MR) is 130 cm³/mol. The van der Waals surface area contributed by atoms with E-state index in [1.165, 1.54) is 11.0 Å². The van der Waals surface area contributed by atoms with Gasteiger partial charge >= 0.3 is 5.97 Å². The van der Waals surface area contributed by atoms with Gasteiger partial charge in [0.2, 0.25) is 5.91 Å². The van der Waals surface area contributed by atoms with Crippen LogP contribution in [0.1, 0.15) is 43.5 Å². The summed E-state index contributed by atoms with van der Waals surface area (Å²) < 4.78 is 10.6. The molecule has 202 valence electrons. The summed E-state index contributed by atoms with van der Waals surface area (Å²) in [5, 5.41) is 39.7. The van der Waals surface area contributed by atoms with Gasteiger partial charge in [0, 0.05) is 44.8 Å². The number of carboxylic acids is 1. The van der Waals surface area contributed by atoms with Crippen LogP contribution in [0.5, 0.6) is 5.75 Å². The Hall–Kier alpha value is -2.73. The Labute approximate surface area is 211 Å². The van der Waals surface area contributed by atoms with Crippen molar-refractivity contribution < 1.29 is 44.3 Å². The van der Waals surface area contributed by atoms with Crippen LogP contribution in [0.4, 0.5) is 0 Å². The van der Waals surface area contributed by atoms with Gasteiger partial charge in [0.15, 0.2) is 6.61 Å². The van der Waals surface area contributed by atoms with Crippen molar-refractivity contribution in [2.24, 2.45) is 5.92 Å². The predicted octanol–water partition coefficient (Wildman–Crippen LogP) is 0.360. The third kappa shape index (κ3) is 9.73. The Morgan fingerprint density at radius 3 is 2.47 bits per heavy atom. The zero-order chi connectivity index (χ0) is 26.7. The number of nitrogens with zero attached hydrogens (tertiary/aromatic N) is 2. The van der Waals surface area contributed by atoms with Gasteiger partial charge in [-0.1, -0.05) is 19.9 Å². The van der Waals surface area contributed by atoms with Crippen LogP contribution >= 0.6 is 0 Å². The number of hydrogen-bond donors (Lipinski definition) is 4. The molecule has 1 aliphatic rings. The number of aliphatic carboxylic acids is 1. The molecule has 1 heterocycles. The van der Waals surface area contributed by atoms with E-state index in [1.54, 1.807) is 23.1 Å². The highest BCUT2D eigenvalue weighted by molar-refractivity contribution is 5.94. The van der Waals surface area contributed by atoms with E-state index >= 15 is 0 Å². The van der Waals surface area contributed by atoms with Gasteiger partial charge < -0.3 is 39.7 Å². The van der Waals surface area contributed by atoms with E-state index in [9.17, 15) is 29.7 Å². The van der Waals surface area contributed by atoms with Crippen molar-refractivity contribution >= 4 is 17.8 Å².